The Morgan fingerprint density at radius 1 is 1.03 bits per heavy atom. The highest BCUT2D eigenvalue weighted by molar-refractivity contribution is 5.82. The minimum Gasteiger partial charge on any atom is -0.361 e. The van der Waals surface area contributed by atoms with Gasteiger partial charge in [0.15, 0.2) is 0 Å². The van der Waals surface area contributed by atoms with Crippen molar-refractivity contribution < 1.29 is 14.5 Å². The molecule has 9 atom stereocenters. The summed E-state index contributed by atoms with van der Waals surface area (Å²) >= 11 is 0. The number of nitrogens with one attached hydrogen (secondary N) is 1. The van der Waals surface area contributed by atoms with Crippen LogP contribution < -0.4 is 5.48 Å². The zero-order valence-corrected chi connectivity index (χ0v) is 23.2. The lowest BCUT2D eigenvalue weighted by Crippen LogP contribution is -2.67. The lowest BCUT2D eigenvalue weighted by Gasteiger charge is -2.72. The van der Waals surface area contributed by atoms with Crippen LogP contribution in [0.5, 0.6) is 0 Å². The second-order valence-electron chi connectivity index (χ2n) is 14.9. The average molecular weight is 495 g/mol. The summed E-state index contributed by atoms with van der Waals surface area (Å²) in [5, 5.41) is 14.0. The van der Waals surface area contributed by atoms with Crippen molar-refractivity contribution in [3.8, 4) is 0 Å². The summed E-state index contributed by atoms with van der Waals surface area (Å²) in [6.07, 6.45) is 11.7. The first-order valence-electron chi connectivity index (χ1n) is 14.4. The van der Waals surface area contributed by atoms with Crippen LogP contribution in [0.3, 0.4) is 0 Å². The maximum atomic E-state index is 13.3. The minimum atomic E-state index is -0.447. The molecule has 198 valence electrons. The fraction of sp³-hybridized carbons (Fsp3) is 0.806. The zero-order valence-electron chi connectivity index (χ0n) is 23.2. The van der Waals surface area contributed by atoms with E-state index in [2.05, 4.69) is 58.8 Å². The van der Waals surface area contributed by atoms with Gasteiger partial charge in [0.05, 0.1) is 11.6 Å². The van der Waals surface area contributed by atoms with Crippen LogP contribution >= 0.6 is 0 Å². The molecule has 0 radical (unpaired) electrons. The molecule has 5 nitrogen and oxygen atoms in total. The van der Waals surface area contributed by atoms with Gasteiger partial charge in [-0.3, -0.25) is 10.0 Å². The Morgan fingerprint density at radius 2 is 1.78 bits per heavy atom. The Morgan fingerprint density at radius 3 is 2.47 bits per heavy atom. The van der Waals surface area contributed by atoms with E-state index >= 15 is 0 Å². The van der Waals surface area contributed by atoms with E-state index in [0.717, 1.165) is 37.9 Å². The van der Waals surface area contributed by atoms with Gasteiger partial charge in [-0.25, -0.2) is 5.48 Å². The molecule has 1 heterocycles. The SMILES string of the molecule is C=C(C)[C@@H]1CC[C@]2(C(=O)NO)CC[C@]3(C)[C@H](CC[C@@H]4[C@@]5(C)Cc6cnoc6C(C)(C)[C@@H]5CC[C@]43C)[C@@H]12. The topological polar surface area (TPSA) is 75.4 Å². The van der Waals surface area contributed by atoms with Gasteiger partial charge in [-0.15, -0.1) is 0 Å². The molecule has 1 aromatic heterocycles. The van der Waals surface area contributed by atoms with Gasteiger partial charge in [-0.1, -0.05) is 51.9 Å². The highest BCUT2D eigenvalue weighted by Crippen LogP contribution is 2.77. The number of amides is 1. The van der Waals surface area contributed by atoms with E-state index in [1.165, 1.54) is 36.8 Å². The standard InChI is InChI=1S/C31H46N2O3/c1-18(2)20-10-13-31(26(34)33-35)15-14-29(6)21(24(20)31)8-9-23-28(5)16-19-17-32-36-25(19)27(3,4)22(28)11-12-30(23,29)7/h17,20-24,35H,1,8-16H2,2-7H3,(H,33,34)/t20-,21+,22-,23+,24+,28-,29+,30+,31-/m0/s1. The van der Waals surface area contributed by atoms with Crippen molar-refractivity contribution >= 4 is 5.91 Å². The molecule has 1 amide bonds. The number of carbonyl (C=O) groups excluding carboxylic acids is 1. The number of allylic oxidation sites excluding steroid dienone is 1. The maximum Gasteiger partial charge on any atom is 0.249 e. The normalized spacial score (nSPS) is 48.6. The third-order valence-electron chi connectivity index (χ3n) is 13.6. The summed E-state index contributed by atoms with van der Waals surface area (Å²) in [6, 6.07) is 0. The van der Waals surface area contributed by atoms with Gasteiger partial charge in [0, 0.05) is 11.0 Å². The van der Waals surface area contributed by atoms with Crippen molar-refractivity contribution in [2.24, 2.45) is 51.2 Å². The summed E-state index contributed by atoms with van der Waals surface area (Å²) in [6.45, 7) is 19.1. The average Bonchev–Trinajstić information content (AvgIpc) is 3.44. The van der Waals surface area contributed by atoms with Crippen LogP contribution in [0.15, 0.2) is 22.9 Å². The molecule has 0 bridgehead atoms. The number of hydroxylamine groups is 1. The maximum absolute atomic E-state index is 13.3. The van der Waals surface area contributed by atoms with Crippen LogP contribution in [0.2, 0.25) is 0 Å². The van der Waals surface area contributed by atoms with Crippen LogP contribution in [0.1, 0.15) is 104 Å². The summed E-state index contributed by atoms with van der Waals surface area (Å²) in [5.74, 6) is 3.31. The van der Waals surface area contributed by atoms with Gasteiger partial charge in [-0.05, 0) is 111 Å². The van der Waals surface area contributed by atoms with Gasteiger partial charge in [0.1, 0.15) is 5.76 Å². The molecule has 0 unspecified atom stereocenters. The van der Waals surface area contributed by atoms with Crippen molar-refractivity contribution in [2.45, 2.75) is 105 Å². The molecule has 0 spiro atoms. The Labute approximate surface area is 216 Å². The second kappa shape index (κ2) is 7.48. The smallest absolute Gasteiger partial charge is 0.249 e. The molecule has 4 saturated carbocycles. The van der Waals surface area contributed by atoms with Crippen LogP contribution in [0.4, 0.5) is 0 Å². The first-order valence-corrected chi connectivity index (χ1v) is 14.4. The molecule has 2 N–H and O–H groups in total. The molecule has 0 saturated heterocycles. The van der Waals surface area contributed by atoms with Crippen molar-refractivity contribution in [2.75, 3.05) is 0 Å². The first-order chi connectivity index (χ1) is 16.9. The third kappa shape index (κ3) is 2.71. The highest BCUT2D eigenvalue weighted by Gasteiger charge is 2.72. The summed E-state index contributed by atoms with van der Waals surface area (Å²) < 4.78 is 5.84. The van der Waals surface area contributed by atoms with Crippen LogP contribution in [-0.4, -0.2) is 16.3 Å². The lowest BCUT2D eigenvalue weighted by molar-refractivity contribution is -0.226. The molecular formula is C31H46N2O3. The van der Waals surface area contributed by atoms with Gasteiger partial charge >= 0.3 is 0 Å². The monoisotopic (exact) mass is 494 g/mol. The van der Waals surface area contributed by atoms with Crippen molar-refractivity contribution in [1.82, 2.24) is 10.6 Å². The van der Waals surface area contributed by atoms with E-state index in [9.17, 15) is 10.0 Å². The zero-order chi connectivity index (χ0) is 25.9. The molecule has 4 fully saturated rings. The number of carbonyl (C=O) groups is 1. The Kier molecular flexibility index (Phi) is 5.14. The predicted molar refractivity (Wildman–Crippen MR) is 139 cm³/mol. The molecule has 0 aromatic carbocycles. The number of hydrogen-bond donors (Lipinski definition) is 2. The summed E-state index contributed by atoms with van der Waals surface area (Å²) in [4.78, 5) is 13.3. The van der Waals surface area contributed by atoms with Crippen molar-refractivity contribution in [1.29, 1.82) is 0 Å². The van der Waals surface area contributed by atoms with E-state index in [-0.39, 0.29) is 33.5 Å². The van der Waals surface area contributed by atoms with Crippen LogP contribution in [0.25, 0.3) is 0 Å². The number of rotatable bonds is 2. The number of nitrogens with zero attached hydrogens (tertiary/aromatic N) is 1. The minimum absolute atomic E-state index is 0.00461. The first kappa shape index (κ1) is 24.7. The molecule has 6 rings (SSSR count). The van der Waals surface area contributed by atoms with E-state index in [4.69, 9.17) is 4.52 Å². The lowest BCUT2D eigenvalue weighted by atomic mass is 9.32. The van der Waals surface area contributed by atoms with Gasteiger partial charge < -0.3 is 4.52 Å². The van der Waals surface area contributed by atoms with Crippen LogP contribution in [0, 0.1) is 51.2 Å². The molecule has 5 aliphatic carbocycles. The molecule has 5 heteroatoms. The molecule has 1 aromatic rings. The largest absolute Gasteiger partial charge is 0.361 e. The van der Waals surface area contributed by atoms with Gasteiger partial charge in [-0.2, -0.15) is 0 Å². The van der Waals surface area contributed by atoms with Gasteiger partial charge in [0.25, 0.3) is 0 Å². The molecule has 5 aliphatic rings. The summed E-state index contributed by atoms with van der Waals surface area (Å²) in [7, 11) is 0. The van der Waals surface area contributed by atoms with Crippen LogP contribution in [-0.2, 0) is 16.6 Å². The van der Waals surface area contributed by atoms with E-state index in [1.54, 1.807) is 0 Å². The highest BCUT2D eigenvalue weighted by atomic mass is 16.5. The fourth-order valence-electron chi connectivity index (χ4n) is 11.9. The quantitative estimate of drug-likeness (QED) is 0.268. The Balaban J connectivity index is 1.43. The summed E-state index contributed by atoms with van der Waals surface area (Å²) in [5.41, 5.74) is 4.79. The third-order valence-corrected chi connectivity index (χ3v) is 13.6. The van der Waals surface area contributed by atoms with E-state index < -0.39 is 5.41 Å². The Bertz CT molecular complexity index is 1110. The van der Waals surface area contributed by atoms with Crippen molar-refractivity contribution in [3.63, 3.8) is 0 Å². The Hall–Kier alpha value is -1.62. The number of hydrogen-bond acceptors (Lipinski definition) is 4. The number of fused-ring (bicyclic) bond motifs is 8. The molecular weight excluding hydrogens is 448 g/mol. The van der Waals surface area contributed by atoms with E-state index in [0.29, 0.717) is 23.7 Å². The molecule has 0 aliphatic heterocycles. The number of aromatic nitrogens is 1. The van der Waals surface area contributed by atoms with E-state index in [1.807, 2.05) is 6.20 Å². The van der Waals surface area contributed by atoms with Crippen molar-refractivity contribution in [3.05, 3.63) is 29.7 Å². The predicted octanol–water partition coefficient (Wildman–Crippen LogP) is 6.85. The fourth-order valence-corrected chi connectivity index (χ4v) is 11.9. The second-order valence-corrected chi connectivity index (χ2v) is 14.9. The molecule has 36 heavy (non-hydrogen) atoms. The van der Waals surface area contributed by atoms with Gasteiger partial charge in [0.2, 0.25) is 5.91 Å².